The van der Waals surface area contributed by atoms with Crippen LogP contribution in [0.3, 0.4) is 0 Å². The summed E-state index contributed by atoms with van der Waals surface area (Å²) in [6.07, 6.45) is 0.365. The molecule has 2 heterocycles. The smallest absolute Gasteiger partial charge is 0.393 e. The minimum Gasteiger partial charge on any atom is -0.393 e. The lowest BCUT2D eigenvalue weighted by atomic mass is 10.0. The van der Waals surface area contributed by atoms with Gasteiger partial charge < -0.3 is 15.6 Å². The van der Waals surface area contributed by atoms with Crippen molar-refractivity contribution in [2.24, 2.45) is 0 Å². The number of aromatic nitrogens is 2. The molecule has 1 fully saturated rings. The van der Waals surface area contributed by atoms with Crippen LogP contribution in [-0.2, 0) is 13.8 Å². The second-order valence-electron chi connectivity index (χ2n) is 4.65. The van der Waals surface area contributed by atoms with Gasteiger partial charge in [-0.3, -0.25) is 4.57 Å². The number of aliphatic hydroxyl groups excluding tert-OH is 1. The third-order valence-electron chi connectivity index (χ3n) is 3.20. The third kappa shape index (κ3) is 3.02. The van der Waals surface area contributed by atoms with Crippen LogP contribution < -0.4 is 11.4 Å². The first-order valence-corrected chi connectivity index (χ1v) is 8.15. The SMILES string of the molecule is C[C@]1(CO)O[C@@H](n2ccc(N)nc2=O)C[C@H]1O[P+](=O)S. The van der Waals surface area contributed by atoms with Crippen LogP contribution in [-0.4, -0.2) is 33.0 Å². The van der Waals surface area contributed by atoms with E-state index in [1.54, 1.807) is 6.92 Å². The molecule has 0 spiro atoms. The van der Waals surface area contributed by atoms with Gasteiger partial charge in [0.2, 0.25) is 0 Å². The second-order valence-corrected chi connectivity index (χ2v) is 6.32. The van der Waals surface area contributed by atoms with E-state index in [0.29, 0.717) is 0 Å². The molecule has 10 heteroatoms. The molecule has 110 valence electrons. The van der Waals surface area contributed by atoms with Crippen molar-refractivity contribution in [2.45, 2.75) is 31.3 Å². The Morgan fingerprint density at radius 2 is 2.50 bits per heavy atom. The van der Waals surface area contributed by atoms with Crippen molar-refractivity contribution in [3.05, 3.63) is 22.7 Å². The molecule has 2 rings (SSSR count). The number of nitrogens with zero attached hydrogens (tertiary/aromatic N) is 2. The van der Waals surface area contributed by atoms with Crippen LogP contribution in [0.5, 0.6) is 0 Å². The van der Waals surface area contributed by atoms with Crippen LogP contribution in [0.1, 0.15) is 19.6 Å². The number of anilines is 1. The van der Waals surface area contributed by atoms with Crippen molar-refractivity contribution >= 4 is 25.3 Å². The zero-order chi connectivity index (χ0) is 14.9. The van der Waals surface area contributed by atoms with E-state index in [2.05, 4.69) is 17.2 Å². The summed E-state index contributed by atoms with van der Waals surface area (Å²) < 4.78 is 23.2. The Morgan fingerprint density at radius 3 is 3.05 bits per heavy atom. The maximum absolute atomic E-state index is 11.8. The van der Waals surface area contributed by atoms with Crippen LogP contribution in [0.15, 0.2) is 17.1 Å². The molecule has 20 heavy (non-hydrogen) atoms. The Morgan fingerprint density at radius 1 is 1.80 bits per heavy atom. The van der Waals surface area contributed by atoms with E-state index < -0.39 is 30.9 Å². The van der Waals surface area contributed by atoms with Gasteiger partial charge in [-0.1, -0.05) is 0 Å². The van der Waals surface area contributed by atoms with Crippen molar-refractivity contribution in [3.8, 4) is 0 Å². The molecule has 0 saturated carbocycles. The van der Waals surface area contributed by atoms with Gasteiger partial charge in [-0.15, -0.1) is 4.52 Å². The molecule has 3 N–H and O–H groups in total. The number of hydrogen-bond donors (Lipinski definition) is 3. The summed E-state index contributed by atoms with van der Waals surface area (Å²) in [6, 6.07) is 1.47. The summed E-state index contributed by atoms with van der Waals surface area (Å²) >= 11 is 3.69. The topological polar surface area (TPSA) is 117 Å². The second kappa shape index (κ2) is 5.79. The minimum absolute atomic E-state index is 0.111. The first-order valence-electron chi connectivity index (χ1n) is 5.82. The van der Waals surface area contributed by atoms with Crippen molar-refractivity contribution in [1.29, 1.82) is 0 Å². The average Bonchev–Trinajstić information content (AvgIpc) is 2.66. The van der Waals surface area contributed by atoms with Crippen LogP contribution >= 0.6 is 19.5 Å². The predicted molar refractivity (Wildman–Crippen MR) is 74.6 cm³/mol. The fourth-order valence-electron chi connectivity index (χ4n) is 2.09. The molecule has 0 aliphatic carbocycles. The van der Waals surface area contributed by atoms with Gasteiger partial charge in [0.15, 0.2) is 0 Å². The molecule has 1 aromatic heterocycles. The molecule has 0 radical (unpaired) electrons. The molecular weight excluding hydrogens is 305 g/mol. The molecule has 1 saturated heterocycles. The summed E-state index contributed by atoms with van der Waals surface area (Å²) in [4.78, 5) is 15.4. The van der Waals surface area contributed by atoms with Crippen molar-refractivity contribution < 1.29 is 18.9 Å². The summed E-state index contributed by atoms with van der Waals surface area (Å²) in [5, 5.41) is 9.44. The lowest BCUT2D eigenvalue weighted by molar-refractivity contribution is -0.111. The van der Waals surface area contributed by atoms with Gasteiger partial charge in [-0.25, -0.2) is 4.79 Å². The number of nitrogen functional groups attached to an aromatic ring is 1. The number of aliphatic hydroxyl groups is 1. The Bertz CT molecular complexity index is 582. The number of nitrogens with two attached hydrogens (primary N) is 1. The van der Waals surface area contributed by atoms with Gasteiger partial charge in [-0.05, 0) is 17.6 Å². The Balaban J connectivity index is 2.28. The molecule has 0 amide bonds. The van der Waals surface area contributed by atoms with Crippen molar-refractivity contribution in [1.82, 2.24) is 9.55 Å². The van der Waals surface area contributed by atoms with Crippen molar-refractivity contribution in [2.75, 3.05) is 12.3 Å². The number of thiol groups is 1. The summed E-state index contributed by atoms with van der Waals surface area (Å²) in [5.41, 5.74) is 3.79. The Kier molecular flexibility index (Phi) is 4.46. The maximum atomic E-state index is 11.8. The lowest BCUT2D eigenvalue weighted by Gasteiger charge is -2.24. The zero-order valence-corrected chi connectivity index (χ0v) is 12.5. The molecule has 0 bridgehead atoms. The molecule has 1 unspecified atom stereocenters. The van der Waals surface area contributed by atoms with Crippen LogP contribution in [0.4, 0.5) is 5.82 Å². The quantitative estimate of drug-likeness (QED) is 0.545. The van der Waals surface area contributed by atoms with E-state index in [0.717, 1.165) is 0 Å². The molecule has 0 aromatic carbocycles. The normalized spacial score (nSPS) is 30.4. The van der Waals surface area contributed by atoms with E-state index in [4.69, 9.17) is 15.0 Å². The van der Waals surface area contributed by atoms with E-state index >= 15 is 0 Å². The monoisotopic (exact) mass is 320 g/mol. The van der Waals surface area contributed by atoms with Crippen molar-refractivity contribution in [3.63, 3.8) is 0 Å². The molecule has 4 atom stereocenters. The van der Waals surface area contributed by atoms with Gasteiger partial charge in [-0.2, -0.15) is 4.98 Å². The molecule has 1 aliphatic rings. The highest BCUT2D eigenvalue weighted by Crippen LogP contribution is 2.43. The Hall–Kier alpha value is -0.990. The zero-order valence-electron chi connectivity index (χ0n) is 10.7. The highest BCUT2D eigenvalue weighted by Gasteiger charge is 2.50. The molecule has 1 aliphatic heterocycles. The minimum atomic E-state index is -2.15. The van der Waals surface area contributed by atoms with Gasteiger partial charge in [0.25, 0.3) is 0 Å². The summed E-state index contributed by atoms with van der Waals surface area (Å²) in [6.45, 7) is 1.27. The van der Waals surface area contributed by atoms with E-state index in [1.807, 2.05) is 0 Å². The molecule has 1 aromatic rings. The lowest BCUT2D eigenvalue weighted by Crippen LogP contribution is -2.40. The number of ether oxygens (including phenoxy) is 1. The van der Waals surface area contributed by atoms with Crippen LogP contribution in [0.2, 0.25) is 0 Å². The first kappa shape index (κ1) is 15.4. The molecular formula is C10H15N3O5PS+. The summed E-state index contributed by atoms with van der Waals surface area (Å²) in [5.74, 6) is 0.111. The largest absolute Gasteiger partial charge is 0.582 e. The third-order valence-corrected chi connectivity index (χ3v) is 3.91. The highest BCUT2D eigenvalue weighted by molar-refractivity contribution is 8.39. The fraction of sp³-hybridized carbons (Fsp3) is 0.600. The summed E-state index contributed by atoms with van der Waals surface area (Å²) in [7, 11) is -2.15. The van der Waals surface area contributed by atoms with Gasteiger partial charge >= 0.3 is 12.9 Å². The van der Waals surface area contributed by atoms with Gasteiger partial charge in [0, 0.05) is 12.6 Å². The van der Waals surface area contributed by atoms with E-state index in [1.165, 1.54) is 16.8 Å². The fourth-order valence-corrected chi connectivity index (χ4v) is 2.95. The van der Waals surface area contributed by atoms with Crippen LogP contribution in [0, 0.1) is 0 Å². The Labute approximate surface area is 120 Å². The average molecular weight is 320 g/mol. The van der Waals surface area contributed by atoms with E-state index in [9.17, 15) is 14.5 Å². The van der Waals surface area contributed by atoms with Gasteiger partial charge in [0.05, 0.1) is 6.61 Å². The molecule has 8 nitrogen and oxygen atoms in total. The van der Waals surface area contributed by atoms with Gasteiger partial charge in [0.1, 0.15) is 36.0 Å². The number of rotatable bonds is 4. The predicted octanol–water partition coefficient (Wildman–Crippen LogP) is 0.468. The standard InChI is InChI=1S/C10H14N3O5PS/c1-10(5-14)6(18-19(16)20)4-8(17-10)13-3-2-7(11)12-9(13)15/h2-3,6,8,14H,4-5H2,1H3,(H2-,11,12,15,16,20)/p+1/t6-,8-,10-/m1/s1. The number of hydrogen-bond acceptors (Lipinski definition) is 7. The van der Waals surface area contributed by atoms with E-state index in [-0.39, 0.29) is 18.8 Å². The highest BCUT2D eigenvalue weighted by atomic mass is 32.7. The first-order chi connectivity index (χ1) is 9.35. The maximum Gasteiger partial charge on any atom is 0.582 e. The van der Waals surface area contributed by atoms with Crippen LogP contribution in [0.25, 0.3) is 0 Å².